The normalized spacial score (nSPS) is 12.6. The third-order valence-electron chi connectivity index (χ3n) is 8.00. The lowest BCUT2D eigenvalue weighted by Crippen LogP contribution is -2.36. The van der Waals surface area contributed by atoms with E-state index >= 15 is 0 Å². The maximum atomic E-state index is 12.2. The number of benzene rings is 2. The van der Waals surface area contributed by atoms with Crippen LogP contribution in [0.4, 0.5) is 0 Å². The Kier molecular flexibility index (Phi) is 12.2. The number of ether oxygens (including phenoxy) is 2. The molecule has 0 saturated carbocycles. The summed E-state index contributed by atoms with van der Waals surface area (Å²) in [6, 6.07) is 15.0. The number of hydrogen-bond donors (Lipinski definition) is 6. The molecule has 2 aromatic heterocycles. The van der Waals surface area contributed by atoms with Gasteiger partial charge in [-0.15, -0.1) is 0 Å². The number of amidine groups is 1. The fourth-order valence-electron chi connectivity index (χ4n) is 5.10. The predicted molar refractivity (Wildman–Crippen MR) is 186 cm³/mol. The van der Waals surface area contributed by atoms with E-state index in [0.29, 0.717) is 71.6 Å². The highest BCUT2D eigenvalue weighted by molar-refractivity contribution is 5.98. The van der Waals surface area contributed by atoms with Gasteiger partial charge >= 0.3 is 0 Å². The highest BCUT2D eigenvalue weighted by atomic mass is 16.7. The fraction of sp³-hybridized carbons (Fsp3) is 0.297. The van der Waals surface area contributed by atoms with Gasteiger partial charge in [0.25, 0.3) is 11.8 Å². The molecule has 1 aliphatic rings. The third-order valence-corrected chi connectivity index (χ3v) is 8.00. The number of aliphatic hydroxyl groups is 1. The number of nitrogen functional groups attached to an aromatic ring is 1. The Labute approximate surface area is 290 Å². The number of nitrogens with zero attached hydrogens (tertiary/aromatic N) is 3. The summed E-state index contributed by atoms with van der Waals surface area (Å²) in [5, 5.41) is 41.1. The van der Waals surface area contributed by atoms with Crippen LogP contribution in [-0.2, 0) is 30.8 Å². The molecule has 4 aromatic rings. The van der Waals surface area contributed by atoms with Crippen LogP contribution in [0, 0.1) is 30.6 Å². The fourth-order valence-corrected chi connectivity index (χ4v) is 5.10. The van der Waals surface area contributed by atoms with Crippen LogP contribution < -0.4 is 21.1 Å². The summed E-state index contributed by atoms with van der Waals surface area (Å²) >= 11 is 0. The number of aromatic nitrogens is 2. The molecule has 2 amide bonds. The van der Waals surface area contributed by atoms with Crippen LogP contribution in [0.3, 0.4) is 0 Å². The van der Waals surface area contributed by atoms with E-state index in [-0.39, 0.29) is 30.0 Å². The molecule has 0 atom stereocenters. The summed E-state index contributed by atoms with van der Waals surface area (Å²) in [7, 11) is 0. The first kappa shape index (κ1) is 37.0. The first-order valence-corrected chi connectivity index (χ1v) is 15.9. The Morgan fingerprint density at radius 2 is 1.44 bits per heavy atom. The molecule has 0 bridgehead atoms. The number of rotatable bonds is 10. The molecule has 13 heteroatoms. The first-order valence-electron chi connectivity index (χ1n) is 15.9. The maximum absolute atomic E-state index is 12.2. The van der Waals surface area contributed by atoms with Crippen LogP contribution in [0.25, 0.3) is 0 Å². The van der Waals surface area contributed by atoms with Crippen molar-refractivity contribution in [2.24, 2.45) is 5.73 Å². The van der Waals surface area contributed by atoms with Gasteiger partial charge in [-0.2, -0.15) is 5.26 Å². The number of aromatic hydroxyl groups is 1. The maximum Gasteiger partial charge on any atom is 0.251 e. The van der Waals surface area contributed by atoms with Crippen molar-refractivity contribution in [3.05, 3.63) is 117 Å². The SMILES string of the molecule is Cc1ncc(CCNC(=O)c2ccc(C#N)cc2)c2c1OC(C)(C)OC2.Cc1ncc(CCNC(=O)c2ccc(C(=N)N)cc2)c(CO)c1O. The summed E-state index contributed by atoms with van der Waals surface area (Å²) < 4.78 is 11.7. The second-order valence-electron chi connectivity index (χ2n) is 12.0. The van der Waals surface area contributed by atoms with Crippen LogP contribution in [-0.4, -0.2) is 56.7 Å². The minimum Gasteiger partial charge on any atom is -0.506 e. The Morgan fingerprint density at radius 3 is 2.00 bits per heavy atom. The monoisotopic (exact) mass is 679 g/mol. The van der Waals surface area contributed by atoms with Crippen LogP contribution in [0.5, 0.6) is 11.5 Å². The van der Waals surface area contributed by atoms with Crippen molar-refractivity contribution in [2.75, 3.05) is 13.1 Å². The van der Waals surface area contributed by atoms with Gasteiger partial charge in [0.1, 0.15) is 17.3 Å². The number of nitrogens with two attached hydrogens (primary N) is 1. The zero-order chi connectivity index (χ0) is 36.4. The van der Waals surface area contributed by atoms with Crippen molar-refractivity contribution >= 4 is 17.6 Å². The highest BCUT2D eigenvalue weighted by Gasteiger charge is 2.30. The van der Waals surface area contributed by atoms with Gasteiger partial charge in [0.05, 0.1) is 36.2 Å². The number of aryl methyl sites for hydroxylation is 2. The number of nitriles is 1. The molecule has 13 nitrogen and oxygen atoms in total. The number of fused-ring (bicyclic) bond motifs is 1. The van der Waals surface area contributed by atoms with Crippen LogP contribution in [0.1, 0.15) is 79.3 Å². The van der Waals surface area contributed by atoms with Gasteiger partial charge in [-0.05, 0) is 74.2 Å². The average Bonchev–Trinajstić information content (AvgIpc) is 3.11. The number of carbonyl (C=O) groups excluding carboxylic acids is 2. The van der Waals surface area contributed by atoms with Crippen molar-refractivity contribution in [3.8, 4) is 17.6 Å². The molecule has 2 aromatic carbocycles. The van der Waals surface area contributed by atoms with Crippen LogP contribution in [0.15, 0.2) is 60.9 Å². The number of aliphatic hydroxyl groups excluding tert-OH is 1. The van der Waals surface area contributed by atoms with E-state index in [4.69, 9.17) is 25.9 Å². The first-order chi connectivity index (χ1) is 23.8. The zero-order valence-electron chi connectivity index (χ0n) is 28.5. The van der Waals surface area contributed by atoms with E-state index < -0.39 is 5.79 Å². The summed E-state index contributed by atoms with van der Waals surface area (Å²) in [6.07, 6.45) is 4.47. The molecule has 7 N–H and O–H groups in total. The van der Waals surface area contributed by atoms with Crippen molar-refractivity contribution in [3.63, 3.8) is 0 Å². The summed E-state index contributed by atoms with van der Waals surface area (Å²) in [4.78, 5) is 32.8. The Balaban J connectivity index is 0.000000226. The summed E-state index contributed by atoms with van der Waals surface area (Å²) in [5.74, 6) is -0.373. The third kappa shape index (κ3) is 9.40. The van der Waals surface area contributed by atoms with Gasteiger partial charge in [0.2, 0.25) is 5.79 Å². The highest BCUT2D eigenvalue weighted by Crippen LogP contribution is 2.35. The van der Waals surface area contributed by atoms with Gasteiger partial charge in [0.15, 0.2) is 0 Å². The Morgan fingerprint density at radius 1 is 0.920 bits per heavy atom. The molecule has 3 heterocycles. The molecule has 1 aliphatic heterocycles. The van der Waals surface area contributed by atoms with E-state index in [1.807, 2.05) is 33.0 Å². The standard InChI is InChI=1S/C20H21N3O3.C17H20N4O3/c1-13-18-17(12-25-20(2,3)26-18)16(11-23-13)8-9-22-19(24)15-6-4-14(10-21)5-7-15;1-10-15(23)14(9-22)13(8-21-10)6-7-20-17(24)12-4-2-11(3-5-12)16(18)19/h4-7,11H,8-9,12H2,1-3H3,(H,22,24);2-5,8,22-23H,6-7,9H2,1H3,(H3,18,19)(H,20,24). The Bertz CT molecular complexity index is 1900. The number of pyridine rings is 2. The lowest BCUT2D eigenvalue weighted by Gasteiger charge is -2.34. The quantitative estimate of drug-likeness (QED) is 0.105. The van der Waals surface area contributed by atoms with E-state index in [1.165, 1.54) is 0 Å². The topological polar surface area (TPSA) is 217 Å². The second kappa shape index (κ2) is 16.5. The summed E-state index contributed by atoms with van der Waals surface area (Å²) in [6.45, 7) is 8.31. The molecular weight excluding hydrogens is 638 g/mol. The molecule has 0 spiro atoms. The van der Waals surface area contributed by atoms with Crippen LogP contribution >= 0.6 is 0 Å². The second-order valence-corrected chi connectivity index (χ2v) is 12.0. The molecule has 0 unspecified atom stereocenters. The predicted octanol–water partition coefficient (Wildman–Crippen LogP) is 3.72. The molecular formula is C37H41N7O6. The van der Waals surface area contributed by atoms with Gasteiger partial charge in [-0.3, -0.25) is 25.0 Å². The van der Waals surface area contributed by atoms with Gasteiger partial charge in [0, 0.05) is 67.1 Å². The minimum atomic E-state index is -0.665. The van der Waals surface area contributed by atoms with Gasteiger partial charge in [-0.25, -0.2) is 0 Å². The zero-order valence-corrected chi connectivity index (χ0v) is 28.5. The molecule has 5 rings (SSSR count). The van der Waals surface area contributed by atoms with Gasteiger partial charge in [-0.1, -0.05) is 12.1 Å². The van der Waals surface area contributed by atoms with Crippen molar-refractivity contribution in [2.45, 2.75) is 59.5 Å². The number of nitrogens with one attached hydrogen (secondary N) is 3. The minimum absolute atomic E-state index is 0.0128. The average molecular weight is 680 g/mol. The number of hydrogen-bond acceptors (Lipinski definition) is 10. The number of amides is 2. The van der Waals surface area contributed by atoms with Crippen molar-refractivity contribution < 1.29 is 29.3 Å². The smallest absolute Gasteiger partial charge is 0.251 e. The van der Waals surface area contributed by atoms with Gasteiger partial charge < -0.3 is 36.1 Å². The van der Waals surface area contributed by atoms with Crippen molar-refractivity contribution in [1.82, 2.24) is 20.6 Å². The number of carbonyl (C=O) groups is 2. The molecule has 0 radical (unpaired) electrons. The summed E-state index contributed by atoms with van der Waals surface area (Å²) in [5.41, 5.74) is 11.9. The van der Waals surface area contributed by atoms with E-state index in [0.717, 1.165) is 22.6 Å². The molecule has 0 fully saturated rings. The van der Waals surface area contributed by atoms with E-state index in [2.05, 4.69) is 20.6 Å². The largest absolute Gasteiger partial charge is 0.506 e. The van der Waals surface area contributed by atoms with E-state index in [9.17, 15) is 19.8 Å². The lowest BCUT2D eigenvalue weighted by atomic mass is 10.0. The molecule has 0 saturated heterocycles. The molecule has 0 aliphatic carbocycles. The lowest BCUT2D eigenvalue weighted by molar-refractivity contribution is -0.180. The van der Waals surface area contributed by atoms with E-state index in [1.54, 1.807) is 61.7 Å². The van der Waals surface area contributed by atoms with Crippen molar-refractivity contribution in [1.29, 1.82) is 10.7 Å². The Hall–Kier alpha value is -5.84. The van der Waals surface area contributed by atoms with Crippen LogP contribution in [0.2, 0.25) is 0 Å². The molecule has 50 heavy (non-hydrogen) atoms. The molecule has 260 valence electrons.